The number of hydrogen-bond acceptors (Lipinski definition) is 5. The van der Waals surface area contributed by atoms with E-state index in [1.807, 2.05) is 30.3 Å². The van der Waals surface area contributed by atoms with E-state index in [0.717, 1.165) is 37.6 Å². The topological polar surface area (TPSA) is 61.4 Å². The van der Waals surface area contributed by atoms with Crippen molar-refractivity contribution in [1.29, 1.82) is 0 Å². The van der Waals surface area contributed by atoms with Crippen LogP contribution < -0.4 is 10.2 Å². The first-order valence-electron chi connectivity index (χ1n) is 7.80. The molecule has 1 N–H and O–H groups in total. The number of carbonyl (C=O) groups excluding carboxylic acids is 1. The van der Waals surface area contributed by atoms with Gasteiger partial charge in [0.05, 0.1) is 12.2 Å². The number of anilines is 1. The van der Waals surface area contributed by atoms with Crippen LogP contribution in [0.15, 0.2) is 42.7 Å². The summed E-state index contributed by atoms with van der Waals surface area (Å²) in [6.45, 7) is 4.40. The first-order chi connectivity index (χ1) is 11.2. The van der Waals surface area contributed by atoms with Crippen LogP contribution in [-0.2, 0) is 6.54 Å². The molecule has 0 aromatic carbocycles. The highest BCUT2D eigenvalue weighted by molar-refractivity contribution is 5.93. The molecular weight excluding hydrogens is 290 g/mol. The quantitative estimate of drug-likeness (QED) is 0.918. The van der Waals surface area contributed by atoms with E-state index in [1.54, 1.807) is 12.4 Å². The zero-order chi connectivity index (χ0) is 16.1. The minimum atomic E-state index is -0.174. The van der Waals surface area contributed by atoms with Crippen molar-refractivity contribution < 1.29 is 4.79 Å². The number of aromatic nitrogens is 2. The second-order valence-electron chi connectivity index (χ2n) is 5.69. The van der Waals surface area contributed by atoms with Crippen LogP contribution in [0, 0.1) is 0 Å². The molecule has 1 saturated heterocycles. The lowest BCUT2D eigenvalue weighted by atomic mass is 10.2. The van der Waals surface area contributed by atoms with Crippen LogP contribution in [0.1, 0.15) is 16.2 Å². The van der Waals surface area contributed by atoms with Crippen molar-refractivity contribution in [1.82, 2.24) is 20.2 Å². The number of nitrogens with zero attached hydrogens (tertiary/aromatic N) is 4. The SMILES string of the molecule is CN1CCN(c2ccnc(C(=O)NCc3ccccn3)c2)CC1. The molecule has 0 atom stereocenters. The fourth-order valence-electron chi connectivity index (χ4n) is 2.57. The third kappa shape index (κ3) is 4.04. The third-order valence-electron chi connectivity index (χ3n) is 4.00. The molecule has 23 heavy (non-hydrogen) atoms. The van der Waals surface area contributed by atoms with Gasteiger partial charge >= 0.3 is 0 Å². The number of hydrogen-bond donors (Lipinski definition) is 1. The molecule has 0 radical (unpaired) electrons. The molecule has 6 heteroatoms. The standard InChI is InChI=1S/C17H21N5O/c1-21-8-10-22(11-9-21)15-5-7-19-16(12-15)17(23)20-13-14-4-2-3-6-18-14/h2-7,12H,8-11,13H2,1H3,(H,20,23). The molecule has 0 aliphatic carbocycles. The van der Waals surface area contributed by atoms with Crippen molar-refractivity contribution in [2.75, 3.05) is 38.1 Å². The van der Waals surface area contributed by atoms with Gasteiger partial charge in [0.1, 0.15) is 5.69 Å². The first kappa shape index (κ1) is 15.4. The molecule has 1 amide bonds. The summed E-state index contributed by atoms with van der Waals surface area (Å²) in [7, 11) is 2.13. The number of likely N-dealkylation sites (N-methyl/N-ethyl adjacent to an activating group) is 1. The Hall–Kier alpha value is -2.47. The van der Waals surface area contributed by atoms with Gasteiger partial charge in [-0.3, -0.25) is 14.8 Å². The van der Waals surface area contributed by atoms with Crippen molar-refractivity contribution in [2.45, 2.75) is 6.54 Å². The average molecular weight is 311 g/mol. The Balaban J connectivity index is 1.63. The summed E-state index contributed by atoms with van der Waals surface area (Å²) in [5, 5.41) is 2.86. The van der Waals surface area contributed by atoms with Gasteiger partial charge in [-0.2, -0.15) is 0 Å². The van der Waals surface area contributed by atoms with Crippen LogP contribution in [-0.4, -0.2) is 54.0 Å². The van der Waals surface area contributed by atoms with Crippen molar-refractivity contribution in [2.24, 2.45) is 0 Å². The molecule has 120 valence electrons. The lowest BCUT2D eigenvalue weighted by Crippen LogP contribution is -2.44. The minimum Gasteiger partial charge on any atom is -0.369 e. The van der Waals surface area contributed by atoms with Crippen LogP contribution in [0.4, 0.5) is 5.69 Å². The molecule has 1 aliphatic heterocycles. The molecule has 3 rings (SSSR count). The molecule has 3 heterocycles. The summed E-state index contributed by atoms with van der Waals surface area (Å²) in [6.07, 6.45) is 3.41. The van der Waals surface area contributed by atoms with E-state index in [0.29, 0.717) is 12.2 Å². The summed E-state index contributed by atoms with van der Waals surface area (Å²) < 4.78 is 0. The van der Waals surface area contributed by atoms with Gasteiger partial charge in [-0.05, 0) is 31.3 Å². The van der Waals surface area contributed by atoms with E-state index in [-0.39, 0.29) is 5.91 Å². The van der Waals surface area contributed by atoms with Crippen molar-refractivity contribution >= 4 is 11.6 Å². The minimum absolute atomic E-state index is 0.174. The largest absolute Gasteiger partial charge is 0.369 e. The van der Waals surface area contributed by atoms with E-state index in [2.05, 4.69) is 32.1 Å². The molecule has 2 aromatic rings. The summed E-state index contributed by atoms with van der Waals surface area (Å²) in [5.41, 5.74) is 2.32. The zero-order valence-electron chi connectivity index (χ0n) is 13.3. The maximum atomic E-state index is 12.3. The van der Waals surface area contributed by atoms with Crippen LogP contribution in [0.3, 0.4) is 0 Å². The first-order valence-corrected chi connectivity index (χ1v) is 7.80. The Morgan fingerprint density at radius 1 is 1.13 bits per heavy atom. The number of rotatable bonds is 4. The number of piperazine rings is 1. The smallest absolute Gasteiger partial charge is 0.270 e. The predicted octanol–water partition coefficient (Wildman–Crippen LogP) is 1.16. The van der Waals surface area contributed by atoms with Crippen LogP contribution in [0.2, 0.25) is 0 Å². The van der Waals surface area contributed by atoms with Gasteiger partial charge in [-0.15, -0.1) is 0 Å². The summed E-state index contributed by atoms with van der Waals surface area (Å²) in [4.78, 5) is 25.3. The third-order valence-corrected chi connectivity index (χ3v) is 4.00. The highest BCUT2D eigenvalue weighted by atomic mass is 16.1. The van der Waals surface area contributed by atoms with Crippen molar-refractivity contribution in [3.63, 3.8) is 0 Å². The fourth-order valence-corrected chi connectivity index (χ4v) is 2.57. The van der Waals surface area contributed by atoms with E-state index in [1.165, 1.54) is 0 Å². The average Bonchev–Trinajstić information content (AvgIpc) is 2.61. The second kappa shape index (κ2) is 7.19. The van der Waals surface area contributed by atoms with Crippen molar-refractivity contribution in [3.05, 3.63) is 54.1 Å². The Morgan fingerprint density at radius 3 is 2.70 bits per heavy atom. The predicted molar refractivity (Wildman–Crippen MR) is 89.4 cm³/mol. The molecule has 1 fully saturated rings. The monoisotopic (exact) mass is 311 g/mol. The van der Waals surface area contributed by atoms with Gasteiger partial charge < -0.3 is 15.1 Å². The molecule has 0 unspecified atom stereocenters. The molecule has 0 saturated carbocycles. The number of pyridine rings is 2. The number of nitrogens with one attached hydrogen (secondary N) is 1. The highest BCUT2D eigenvalue weighted by Gasteiger charge is 2.16. The highest BCUT2D eigenvalue weighted by Crippen LogP contribution is 2.16. The van der Waals surface area contributed by atoms with Crippen LogP contribution >= 0.6 is 0 Å². The Bertz CT molecular complexity index is 653. The zero-order valence-corrected chi connectivity index (χ0v) is 13.3. The van der Waals surface area contributed by atoms with Gasteiger partial charge in [0.25, 0.3) is 5.91 Å². The Labute approximate surface area is 136 Å². The van der Waals surface area contributed by atoms with Crippen molar-refractivity contribution in [3.8, 4) is 0 Å². The van der Waals surface area contributed by atoms with E-state index < -0.39 is 0 Å². The molecule has 1 aliphatic rings. The van der Waals surface area contributed by atoms with Gasteiger partial charge in [-0.1, -0.05) is 6.07 Å². The second-order valence-corrected chi connectivity index (χ2v) is 5.69. The number of amides is 1. The number of carbonyl (C=O) groups is 1. The summed E-state index contributed by atoms with van der Waals surface area (Å²) >= 11 is 0. The molecule has 6 nitrogen and oxygen atoms in total. The lowest BCUT2D eigenvalue weighted by Gasteiger charge is -2.34. The van der Waals surface area contributed by atoms with Gasteiger partial charge in [-0.25, -0.2) is 0 Å². The fraction of sp³-hybridized carbons (Fsp3) is 0.353. The van der Waals surface area contributed by atoms with Gasteiger partial charge in [0.15, 0.2) is 0 Å². The van der Waals surface area contributed by atoms with Crippen LogP contribution in [0.25, 0.3) is 0 Å². The molecule has 0 bridgehead atoms. The summed E-state index contributed by atoms with van der Waals surface area (Å²) in [5.74, 6) is -0.174. The molecule has 0 spiro atoms. The summed E-state index contributed by atoms with van der Waals surface area (Å²) in [6, 6.07) is 9.46. The van der Waals surface area contributed by atoms with Gasteiger partial charge in [0, 0.05) is 44.3 Å². The van der Waals surface area contributed by atoms with E-state index >= 15 is 0 Å². The Kier molecular flexibility index (Phi) is 4.83. The maximum absolute atomic E-state index is 12.3. The maximum Gasteiger partial charge on any atom is 0.270 e. The lowest BCUT2D eigenvalue weighted by molar-refractivity contribution is 0.0945. The van der Waals surface area contributed by atoms with Gasteiger partial charge in [0.2, 0.25) is 0 Å². The molecule has 2 aromatic heterocycles. The van der Waals surface area contributed by atoms with E-state index in [9.17, 15) is 4.79 Å². The Morgan fingerprint density at radius 2 is 1.96 bits per heavy atom. The normalized spacial score (nSPS) is 15.4. The van der Waals surface area contributed by atoms with Crippen LogP contribution in [0.5, 0.6) is 0 Å². The molecular formula is C17H21N5O. The van der Waals surface area contributed by atoms with E-state index in [4.69, 9.17) is 0 Å².